The summed E-state index contributed by atoms with van der Waals surface area (Å²) in [6.45, 7) is 1.84. The van der Waals surface area contributed by atoms with Crippen LogP contribution in [-0.4, -0.2) is 20.9 Å². The number of rotatable bonds is 3. The highest BCUT2D eigenvalue weighted by molar-refractivity contribution is 7.17. The molecule has 0 fully saturated rings. The van der Waals surface area contributed by atoms with Crippen LogP contribution >= 0.6 is 11.3 Å². The topological polar surface area (TPSA) is 70.7 Å². The fraction of sp³-hybridized carbons (Fsp3) is 0.0556. The van der Waals surface area contributed by atoms with Gasteiger partial charge in [0.05, 0.1) is 16.7 Å². The lowest BCUT2D eigenvalue weighted by Gasteiger charge is -1.99. The number of aryl methyl sites for hydroxylation is 1. The van der Waals surface area contributed by atoms with E-state index in [1.54, 1.807) is 0 Å². The standard InChI is InChI=1S/C18H14N4OS/c1-11-15(24-17(19-11)12-7-3-2-4-8-12)16(23)22-18-20-13-9-5-6-10-14(13)21-18/h2-10H,1H3,(H2,20,21,22,23). The van der Waals surface area contributed by atoms with Crippen molar-refractivity contribution in [1.29, 1.82) is 0 Å². The van der Waals surface area contributed by atoms with Crippen LogP contribution in [0.2, 0.25) is 0 Å². The summed E-state index contributed by atoms with van der Waals surface area (Å²) < 4.78 is 0. The third-order valence-electron chi connectivity index (χ3n) is 3.64. The number of hydrogen-bond donors (Lipinski definition) is 2. The fourth-order valence-electron chi connectivity index (χ4n) is 2.49. The highest BCUT2D eigenvalue weighted by Gasteiger charge is 2.17. The number of amides is 1. The second kappa shape index (κ2) is 5.90. The number of hydrogen-bond acceptors (Lipinski definition) is 4. The molecule has 2 heterocycles. The Hall–Kier alpha value is -2.99. The van der Waals surface area contributed by atoms with Crippen LogP contribution in [0.15, 0.2) is 54.6 Å². The van der Waals surface area contributed by atoms with Gasteiger partial charge in [-0.3, -0.25) is 10.1 Å². The first kappa shape index (κ1) is 14.6. The Morgan fingerprint density at radius 1 is 1.04 bits per heavy atom. The van der Waals surface area contributed by atoms with E-state index in [0.29, 0.717) is 16.5 Å². The predicted octanol–water partition coefficient (Wildman–Crippen LogP) is 4.25. The summed E-state index contributed by atoms with van der Waals surface area (Å²) in [6.07, 6.45) is 0. The van der Waals surface area contributed by atoms with Gasteiger partial charge < -0.3 is 4.98 Å². The lowest BCUT2D eigenvalue weighted by molar-refractivity contribution is 0.102. The van der Waals surface area contributed by atoms with Gasteiger partial charge >= 0.3 is 0 Å². The van der Waals surface area contributed by atoms with Crippen LogP contribution in [0.5, 0.6) is 0 Å². The number of para-hydroxylation sites is 2. The molecule has 2 aromatic carbocycles. The number of thiazole rings is 1. The minimum atomic E-state index is -0.203. The number of carbonyl (C=O) groups is 1. The normalized spacial score (nSPS) is 10.9. The fourth-order valence-corrected chi connectivity index (χ4v) is 3.45. The molecule has 2 N–H and O–H groups in total. The van der Waals surface area contributed by atoms with Gasteiger partial charge in [-0.15, -0.1) is 11.3 Å². The Kier molecular flexibility index (Phi) is 3.59. The van der Waals surface area contributed by atoms with E-state index in [9.17, 15) is 4.79 Å². The van der Waals surface area contributed by atoms with Gasteiger partial charge in [-0.25, -0.2) is 9.97 Å². The van der Waals surface area contributed by atoms with Gasteiger partial charge in [0.25, 0.3) is 5.91 Å². The number of carbonyl (C=O) groups excluding carboxylic acids is 1. The number of nitrogens with one attached hydrogen (secondary N) is 2. The van der Waals surface area contributed by atoms with Crippen LogP contribution < -0.4 is 5.32 Å². The van der Waals surface area contributed by atoms with Gasteiger partial charge in [-0.1, -0.05) is 42.5 Å². The van der Waals surface area contributed by atoms with Crippen molar-refractivity contribution in [3.63, 3.8) is 0 Å². The zero-order valence-corrected chi connectivity index (χ0v) is 13.7. The zero-order valence-electron chi connectivity index (χ0n) is 12.9. The largest absolute Gasteiger partial charge is 0.324 e. The van der Waals surface area contributed by atoms with E-state index in [-0.39, 0.29) is 5.91 Å². The van der Waals surface area contributed by atoms with Crippen molar-refractivity contribution in [2.45, 2.75) is 6.92 Å². The molecule has 0 atom stereocenters. The molecule has 24 heavy (non-hydrogen) atoms. The number of nitrogens with zero attached hydrogens (tertiary/aromatic N) is 2. The van der Waals surface area contributed by atoms with E-state index in [1.165, 1.54) is 11.3 Å². The van der Waals surface area contributed by atoms with Crippen molar-refractivity contribution < 1.29 is 4.79 Å². The molecule has 1 amide bonds. The van der Waals surface area contributed by atoms with Crippen LogP contribution in [0.1, 0.15) is 15.4 Å². The van der Waals surface area contributed by atoms with E-state index in [2.05, 4.69) is 20.3 Å². The molecule has 0 aliphatic heterocycles. The number of fused-ring (bicyclic) bond motifs is 1. The molecule has 0 aliphatic rings. The molecule has 0 bridgehead atoms. The SMILES string of the molecule is Cc1nc(-c2ccccc2)sc1C(=O)Nc1nc2ccccc2[nH]1. The summed E-state index contributed by atoms with van der Waals surface area (Å²) in [4.78, 5) is 25.1. The minimum absolute atomic E-state index is 0.203. The van der Waals surface area contributed by atoms with Crippen LogP contribution in [0, 0.1) is 6.92 Å². The number of imidazole rings is 1. The summed E-state index contributed by atoms with van der Waals surface area (Å²) in [5, 5.41) is 3.65. The van der Waals surface area contributed by atoms with E-state index in [4.69, 9.17) is 0 Å². The third-order valence-corrected chi connectivity index (χ3v) is 4.85. The monoisotopic (exact) mass is 334 g/mol. The molecule has 2 aromatic heterocycles. The quantitative estimate of drug-likeness (QED) is 0.588. The second-order valence-electron chi connectivity index (χ2n) is 5.36. The average Bonchev–Trinajstić information content (AvgIpc) is 3.18. The van der Waals surface area contributed by atoms with Crippen LogP contribution in [0.4, 0.5) is 5.95 Å². The second-order valence-corrected chi connectivity index (χ2v) is 6.36. The first-order chi connectivity index (χ1) is 11.7. The molecule has 0 spiro atoms. The molecule has 0 unspecified atom stereocenters. The van der Waals surface area contributed by atoms with Crippen molar-refractivity contribution in [2.24, 2.45) is 0 Å². The first-order valence-corrected chi connectivity index (χ1v) is 8.31. The van der Waals surface area contributed by atoms with Gasteiger partial charge in [0, 0.05) is 5.56 Å². The first-order valence-electron chi connectivity index (χ1n) is 7.49. The van der Waals surface area contributed by atoms with Crippen LogP contribution in [0.3, 0.4) is 0 Å². The van der Waals surface area contributed by atoms with Gasteiger partial charge in [-0.2, -0.15) is 0 Å². The molecule has 0 saturated heterocycles. The Bertz CT molecular complexity index is 987. The maximum atomic E-state index is 12.6. The third kappa shape index (κ3) is 2.68. The van der Waals surface area contributed by atoms with E-state index in [0.717, 1.165) is 21.6 Å². The van der Waals surface area contributed by atoms with Gasteiger partial charge in [-0.05, 0) is 19.1 Å². The molecule has 4 rings (SSSR count). The molecule has 0 aliphatic carbocycles. The van der Waals surface area contributed by atoms with E-state index >= 15 is 0 Å². The van der Waals surface area contributed by atoms with Crippen LogP contribution in [0.25, 0.3) is 21.6 Å². The van der Waals surface area contributed by atoms with Gasteiger partial charge in [0.2, 0.25) is 5.95 Å². The number of aromatic amines is 1. The van der Waals surface area contributed by atoms with Crippen molar-refractivity contribution in [3.8, 4) is 10.6 Å². The Labute approximate surface area is 142 Å². The average molecular weight is 334 g/mol. The number of aromatic nitrogens is 3. The molecule has 0 saturated carbocycles. The summed E-state index contributed by atoms with van der Waals surface area (Å²) in [5.74, 6) is 0.237. The van der Waals surface area contributed by atoms with Crippen molar-refractivity contribution in [2.75, 3.05) is 5.32 Å². The van der Waals surface area contributed by atoms with E-state index < -0.39 is 0 Å². The zero-order chi connectivity index (χ0) is 16.5. The molecule has 118 valence electrons. The Morgan fingerprint density at radius 3 is 2.58 bits per heavy atom. The number of benzene rings is 2. The van der Waals surface area contributed by atoms with Crippen molar-refractivity contribution >= 4 is 34.2 Å². The smallest absolute Gasteiger partial charge is 0.269 e. The maximum absolute atomic E-state index is 12.6. The van der Waals surface area contributed by atoms with Crippen LogP contribution in [-0.2, 0) is 0 Å². The Balaban J connectivity index is 1.61. The summed E-state index contributed by atoms with van der Waals surface area (Å²) in [6, 6.07) is 17.5. The molecule has 0 radical (unpaired) electrons. The molecule has 6 heteroatoms. The van der Waals surface area contributed by atoms with Crippen molar-refractivity contribution in [1.82, 2.24) is 15.0 Å². The maximum Gasteiger partial charge on any atom is 0.269 e. The summed E-state index contributed by atoms with van der Waals surface area (Å²) >= 11 is 1.38. The molecular formula is C18H14N4OS. The molecular weight excluding hydrogens is 320 g/mol. The highest BCUT2D eigenvalue weighted by Crippen LogP contribution is 2.28. The summed E-state index contributed by atoms with van der Waals surface area (Å²) in [5.41, 5.74) is 3.43. The van der Waals surface area contributed by atoms with Gasteiger partial charge in [0.1, 0.15) is 9.88 Å². The molecule has 4 aromatic rings. The summed E-state index contributed by atoms with van der Waals surface area (Å²) in [7, 11) is 0. The lowest BCUT2D eigenvalue weighted by Crippen LogP contribution is -2.12. The predicted molar refractivity (Wildman–Crippen MR) is 96.3 cm³/mol. The number of H-pyrrole nitrogens is 1. The molecule has 5 nitrogen and oxygen atoms in total. The number of anilines is 1. The van der Waals surface area contributed by atoms with E-state index in [1.807, 2.05) is 61.5 Å². The lowest BCUT2D eigenvalue weighted by atomic mass is 10.2. The van der Waals surface area contributed by atoms with Crippen molar-refractivity contribution in [3.05, 3.63) is 65.2 Å². The highest BCUT2D eigenvalue weighted by atomic mass is 32.1. The van der Waals surface area contributed by atoms with Gasteiger partial charge in [0.15, 0.2) is 0 Å². The Morgan fingerprint density at radius 2 is 1.79 bits per heavy atom. The minimum Gasteiger partial charge on any atom is -0.324 e.